The number of hydrogen-bond donors (Lipinski definition) is 2. The van der Waals surface area contributed by atoms with Gasteiger partial charge in [-0.2, -0.15) is 0 Å². The van der Waals surface area contributed by atoms with Crippen LogP contribution >= 0.6 is 0 Å². The van der Waals surface area contributed by atoms with E-state index in [1.54, 1.807) is 6.08 Å². The van der Waals surface area contributed by atoms with E-state index in [9.17, 15) is 4.79 Å². The lowest BCUT2D eigenvalue weighted by molar-refractivity contribution is -0.120. The first-order chi connectivity index (χ1) is 4.70. The molecule has 0 spiro atoms. The maximum absolute atomic E-state index is 10.5. The van der Waals surface area contributed by atoms with Crippen molar-refractivity contribution in [2.24, 2.45) is 0 Å². The molecule has 1 aliphatic carbocycles. The van der Waals surface area contributed by atoms with E-state index >= 15 is 0 Å². The number of carbonyl (C=O) groups excluding carboxylic acids is 1. The highest BCUT2D eigenvalue weighted by atomic mass is 16.3. The monoisotopic (exact) mass is 141 g/mol. The Balaban J connectivity index is 2.37. The number of amides is 1. The van der Waals surface area contributed by atoms with Crippen LogP contribution in [0.5, 0.6) is 0 Å². The van der Waals surface area contributed by atoms with E-state index in [4.69, 9.17) is 5.11 Å². The molecule has 3 nitrogen and oxygen atoms in total. The Morgan fingerprint density at radius 3 is 2.90 bits per heavy atom. The molecule has 0 saturated carbocycles. The quantitative estimate of drug-likeness (QED) is 0.497. The van der Waals surface area contributed by atoms with Crippen molar-refractivity contribution >= 4 is 5.91 Å². The molecular formula is C7H11NO2. The molecule has 2 atom stereocenters. The third-order valence-corrected chi connectivity index (χ3v) is 1.52. The van der Waals surface area contributed by atoms with Crippen molar-refractivity contribution < 1.29 is 9.90 Å². The van der Waals surface area contributed by atoms with Crippen LogP contribution in [0.25, 0.3) is 0 Å². The molecule has 2 unspecified atom stereocenters. The van der Waals surface area contributed by atoms with Gasteiger partial charge in [0.2, 0.25) is 5.91 Å². The summed E-state index contributed by atoms with van der Waals surface area (Å²) in [5, 5.41) is 11.8. The first-order valence-electron chi connectivity index (χ1n) is 3.32. The second kappa shape index (κ2) is 2.84. The lowest BCUT2D eigenvalue weighted by atomic mass is 10.2. The smallest absolute Gasteiger partial charge is 0.217 e. The Labute approximate surface area is 59.7 Å². The summed E-state index contributed by atoms with van der Waals surface area (Å²) in [7, 11) is 0. The van der Waals surface area contributed by atoms with Gasteiger partial charge in [-0.05, 0) is 6.42 Å². The number of rotatable bonds is 1. The molecule has 0 bridgehead atoms. The molecule has 10 heavy (non-hydrogen) atoms. The van der Waals surface area contributed by atoms with Crippen molar-refractivity contribution in [2.75, 3.05) is 0 Å². The predicted octanol–water partition coefficient (Wildman–Crippen LogP) is -0.188. The predicted molar refractivity (Wildman–Crippen MR) is 37.4 cm³/mol. The molecule has 0 fully saturated rings. The molecular weight excluding hydrogens is 130 g/mol. The van der Waals surface area contributed by atoms with E-state index in [0.29, 0.717) is 0 Å². The van der Waals surface area contributed by atoms with Crippen LogP contribution in [0.15, 0.2) is 12.2 Å². The zero-order valence-corrected chi connectivity index (χ0v) is 5.87. The molecule has 0 saturated heterocycles. The molecule has 1 rings (SSSR count). The molecule has 3 heteroatoms. The zero-order valence-electron chi connectivity index (χ0n) is 5.87. The summed E-state index contributed by atoms with van der Waals surface area (Å²) in [6.45, 7) is 1.45. The first kappa shape index (κ1) is 7.28. The van der Waals surface area contributed by atoms with Gasteiger partial charge in [-0.25, -0.2) is 0 Å². The van der Waals surface area contributed by atoms with Gasteiger partial charge in [-0.3, -0.25) is 4.79 Å². The number of hydrogen-bond acceptors (Lipinski definition) is 2. The van der Waals surface area contributed by atoms with Crippen molar-refractivity contribution in [2.45, 2.75) is 25.5 Å². The minimum absolute atomic E-state index is 0.0900. The van der Waals surface area contributed by atoms with Crippen molar-refractivity contribution in [3.05, 3.63) is 12.2 Å². The largest absolute Gasteiger partial charge is 0.387 e. The molecule has 1 amide bonds. The molecule has 0 heterocycles. The fraction of sp³-hybridized carbons (Fsp3) is 0.571. The Morgan fingerprint density at radius 2 is 2.50 bits per heavy atom. The van der Waals surface area contributed by atoms with Crippen molar-refractivity contribution in [1.29, 1.82) is 0 Å². The van der Waals surface area contributed by atoms with E-state index in [1.165, 1.54) is 6.92 Å². The van der Waals surface area contributed by atoms with Crippen LogP contribution in [-0.2, 0) is 4.79 Å². The van der Waals surface area contributed by atoms with Gasteiger partial charge in [-0.15, -0.1) is 0 Å². The summed E-state index contributed by atoms with van der Waals surface area (Å²) in [4.78, 5) is 10.5. The molecule has 0 aromatic carbocycles. The standard InChI is InChI=1S/C7H11NO2/c1-5(9)8-6-3-2-4-7(6)10/h2,4,6-7,10H,3H2,1H3,(H,8,9). The van der Waals surface area contributed by atoms with Gasteiger partial charge in [0.25, 0.3) is 0 Å². The Kier molecular flexibility index (Phi) is 2.06. The van der Waals surface area contributed by atoms with Crippen molar-refractivity contribution in [1.82, 2.24) is 5.32 Å². The lowest BCUT2D eigenvalue weighted by Gasteiger charge is -2.14. The Morgan fingerprint density at radius 1 is 1.80 bits per heavy atom. The van der Waals surface area contributed by atoms with Crippen LogP contribution in [0.4, 0.5) is 0 Å². The summed E-state index contributed by atoms with van der Waals surface area (Å²) in [6.07, 6.45) is 3.80. The third-order valence-electron chi connectivity index (χ3n) is 1.52. The fourth-order valence-electron chi connectivity index (χ4n) is 1.04. The highest BCUT2D eigenvalue weighted by Crippen LogP contribution is 2.09. The second-order valence-electron chi connectivity index (χ2n) is 2.46. The summed E-state index contributed by atoms with van der Waals surface area (Å²) < 4.78 is 0. The van der Waals surface area contributed by atoms with Crippen molar-refractivity contribution in [3.8, 4) is 0 Å². The Hall–Kier alpha value is -0.830. The summed E-state index contributed by atoms with van der Waals surface area (Å²) in [5.41, 5.74) is 0. The minimum atomic E-state index is -0.496. The van der Waals surface area contributed by atoms with Gasteiger partial charge in [0.05, 0.1) is 12.1 Å². The van der Waals surface area contributed by atoms with Gasteiger partial charge in [0.1, 0.15) is 0 Å². The summed E-state index contributed by atoms with van der Waals surface area (Å²) in [6, 6.07) is -0.0995. The third kappa shape index (κ3) is 1.57. The highest BCUT2D eigenvalue weighted by molar-refractivity contribution is 5.73. The van der Waals surface area contributed by atoms with Crippen LogP contribution in [0, 0.1) is 0 Å². The van der Waals surface area contributed by atoms with Gasteiger partial charge in [0, 0.05) is 6.92 Å². The van der Waals surface area contributed by atoms with Crippen molar-refractivity contribution in [3.63, 3.8) is 0 Å². The average Bonchev–Trinajstić information content (AvgIpc) is 2.15. The topological polar surface area (TPSA) is 49.3 Å². The number of carbonyl (C=O) groups is 1. The summed E-state index contributed by atoms with van der Waals surface area (Å²) >= 11 is 0. The maximum atomic E-state index is 10.5. The molecule has 1 aliphatic rings. The fourth-order valence-corrected chi connectivity index (χ4v) is 1.04. The van der Waals surface area contributed by atoms with Crippen LogP contribution in [0.3, 0.4) is 0 Å². The van der Waals surface area contributed by atoms with Crippen LogP contribution in [-0.4, -0.2) is 23.2 Å². The summed E-state index contributed by atoms with van der Waals surface area (Å²) in [5.74, 6) is -0.0900. The highest BCUT2D eigenvalue weighted by Gasteiger charge is 2.20. The second-order valence-corrected chi connectivity index (χ2v) is 2.46. The van der Waals surface area contributed by atoms with Crippen LogP contribution < -0.4 is 5.32 Å². The van der Waals surface area contributed by atoms with E-state index in [2.05, 4.69) is 5.32 Å². The lowest BCUT2D eigenvalue weighted by Crippen LogP contribution is -2.38. The van der Waals surface area contributed by atoms with Gasteiger partial charge >= 0.3 is 0 Å². The molecule has 0 radical (unpaired) electrons. The van der Waals surface area contributed by atoms with Crippen LogP contribution in [0.1, 0.15) is 13.3 Å². The minimum Gasteiger partial charge on any atom is -0.387 e. The zero-order chi connectivity index (χ0) is 7.56. The van der Waals surface area contributed by atoms with Gasteiger partial charge in [0.15, 0.2) is 0 Å². The van der Waals surface area contributed by atoms with Gasteiger partial charge < -0.3 is 10.4 Å². The number of aliphatic hydroxyl groups excluding tert-OH is 1. The van der Waals surface area contributed by atoms with E-state index in [-0.39, 0.29) is 11.9 Å². The molecule has 2 N–H and O–H groups in total. The average molecular weight is 141 g/mol. The SMILES string of the molecule is CC(=O)NC1CC=CC1O. The maximum Gasteiger partial charge on any atom is 0.217 e. The number of nitrogens with one attached hydrogen (secondary N) is 1. The Bertz CT molecular complexity index is 165. The molecule has 0 aromatic rings. The van der Waals surface area contributed by atoms with E-state index in [0.717, 1.165) is 6.42 Å². The van der Waals surface area contributed by atoms with E-state index in [1.807, 2.05) is 6.08 Å². The molecule has 0 aromatic heterocycles. The normalized spacial score (nSPS) is 30.6. The van der Waals surface area contributed by atoms with Crippen LogP contribution in [0.2, 0.25) is 0 Å². The molecule has 56 valence electrons. The molecule has 0 aliphatic heterocycles. The number of aliphatic hydroxyl groups is 1. The van der Waals surface area contributed by atoms with E-state index < -0.39 is 6.10 Å². The van der Waals surface area contributed by atoms with Gasteiger partial charge in [-0.1, -0.05) is 12.2 Å². The first-order valence-corrected chi connectivity index (χ1v) is 3.32.